The van der Waals surface area contributed by atoms with Crippen LogP contribution in [-0.2, 0) is 11.2 Å². The summed E-state index contributed by atoms with van der Waals surface area (Å²) in [5.41, 5.74) is 1.44. The highest BCUT2D eigenvalue weighted by Crippen LogP contribution is 2.14. The Hall–Kier alpha value is -1.77. The maximum Gasteiger partial charge on any atom is 0.135 e. The molecule has 3 heteroatoms. The molecule has 2 aromatic rings. The first-order valence-electron chi connectivity index (χ1n) is 4.70. The van der Waals surface area contributed by atoms with Crippen molar-refractivity contribution in [3.63, 3.8) is 0 Å². The van der Waals surface area contributed by atoms with Crippen molar-refractivity contribution < 1.29 is 9.18 Å². The predicted octanol–water partition coefficient (Wildman–Crippen LogP) is 2.51. The number of hydrogen-bond acceptors (Lipinski definition) is 2. The number of halogens is 1. The molecule has 0 aliphatic rings. The molecule has 0 atom stereocenters. The number of Topliss-reactive ketones (excluding diaryl/α,β-unsaturated/α-hetero) is 1. The average molecular weight is 203 g/mol. The van der Waals surface area contributed by atoms with Gasteiger partial charge in [-0.25, -0.2) is 4.39 Å². The Morgan fingerprint density at radius 1 is 1.33 bits per heavy atom. The fraction of sp³-hybridized carbons (Fsp3) is 0.167. The molecule has 2 rings (SSSR count). The number of rotatable bonds is 2. The summed E-state index contributed by atoms with van der Waals surface area (Å²) in [6, 6.07) is 7.95. The maximum atomic E-state index is 12.9. The normalized spacial score (nSPS) is 10.5. The van der Waals surface area contributed by atoms with Crippen LogP contribution in [0.3, 0.4) is 0 Å². The molecule has 0 N–H and O–H groups in total. The lowest BCUT2D eigenvalue weighted by atomic mass is 10.1. The number of fused-ring (bicyclic) bond motifs is 1. The van der Waals surface area contributed by atoms with Crippen LogP contribution in [0, 0.1) is 5.82 Å². The van der Waals surface area contributed by atoms with Crippen molar-refractivity contribution in [3.8, 4) is 0 Å². The van der Waals surface area contributed by atoms with E-state index >= 15 is 0 Å². The Kier molecular flexibility index (Phi) is 2.46. The van der Waals surface area contributed by atoms with Crippen LogP contribution in [-0.4, -0.2) is 10.8 Å². The highest BCUT2D eigenvalue weighted by molar-refractivity contribution is 5.81. The highest BCUT2D eigenvalue weighted by Gasteiger charge is 2.01. The molecule has 0 unspecified atom stereocenters. The second-order valence-electron chi connectivity index (χ2n) is 3.52. The van der Waals surface area contributed by atoms with Gasteiger partial charge in [-0.2, -0.15) is 0 Å². The largest absolute Gasteiger partial charge is 0.300 e. The van der Waals surface area contributed by atoms with Gasteiger partial charge in [0.05, 0.1) is 5.52 Å². The van der Waals surface area contributed by atoms with Crippen LogP contribution < -0.4 is 0 Å². The number of nitrogens with zero attached hydrogens (tertiary/aromatic N) is 1. The quantitative estimate of drug-likeness (QED) is 0.750. The number of aromatic nitrogens is 1. The summed E-state index contributed by atoms with van der Waals surface area (Å²) >= 11 is 0. The van der Waals surface area contributed by atoms with Crippen LogP contribution in [0.1, 0.15) is 12.6 Å². The lowest BCUT2D eigenvalue weighted by molar-refractivity contribution is -0.116. The topological polar surface area (TPSA) is 30.0 Å². The third kappa shape index (κ3) is 2.18. The van der Waals surface area contributed by atoms with Crippen molar-refractivity contribution in [1.29, 1.82) is 0 Å². The van der Waals surface area contributed by atoms with Crippen LogP contribution in [0.4, 0.5) is 4.39 Å². The van der Waals surface area contributed by atoms with Gasteiger partial charge < -0.3 is 0 Å². The minimum absolute atomic E-state index is 0.0731. The highest BCUT2D eigenvalue weighted by atomic mass is 19.1. The standard InChI is InChI=1S/C12H10FNO/c1-8(15)6-11-4-2-9-7-10(13)3-5-12(9)14-11/h2-5,7H,6H2,1H3. The van der Waals surface area contributed by atoms with Gasteiger partial charge in [-0.3, -0.25) is 9.78 Å². The molecule has 1 aromatic carbocycles. The maximum absolute atomic E-state index is 12.9. The third-order valence-corrected chi connectivity index (χ3v) is 2.14. The average Bonchev–Trinajstić information content (AvgIpc) is 2.17. The summed E-state index contributed by atoms with van der Waals surface area (Å²) in [5, 5.41) is 0.752. The Bertz CT molecular complexity index is 522. The molecule has 15 heavy (non-hydrogen) atoms. The summed E-state index contributed by atoms with van der Waals surface area (Å²) in [6.45, 7) is 1.52. The van der Waals surface area contributed by atoms with Gasteiger partial charge in [-0.05, 0) is 31.2 Å². The van der Waals surface area contributed by atoms with E-state index in [9.17, 15) is 9.18 Å². The zero-order valence-corrected chi connectivity index (χ0v) is 8.33. The van der Waals surface area contributed by atoms with Crippen molar-refractivity contribution in [1.82, 2.24) is 4.98 Å². The van der Waals surface area contributed by atoms with E-state index in [1.807, 2.05) is 0 Å². The van der Waals surface area contributed by atoms with Crippen LogP contribution >= 0.6 is 0 Å². The number of carbonyl (C=O) groups excluding carboxylic acids is 1. The molecule has 1 heterocycles. The van der Waals surface area contributed by atoms with E-state index < -0.39 is 0 Å². The van der Waals surface area contributed by atoms with E-state index in [1.165, 1.54) is 19.1 Å². The Morgan fingerprint density at radius 2 is 2.13 bits per heavy atom. The molecular weight excluding hydrogens is 193 g/mol. The molecule has 0 aliphatic carbocycles. The molecule has 0 spiro atoms. The van der Waals surface area contributed by atoms with Gasteiger partial charge in [0, 0.05) is 17.5 Å². The summed E-state index contributed by atoms with van der Waals surface area (Å²) in [6.07, 6.45) is 0.327. The van der Waals surface area contributed by atoms with Gasteiger partial charge in [0.2, 0.25) is 0 Å². The molecule has 0 bridgehead atoms. The van der Waals surface area contributed by atoms with Crippen LogP contribution in [0.25, 0.3) is 10.9 Å². The number of benzene rings is 1. The zero-order valence-electron chi connectivity index (χ0n) is 8.33. The lowest BCUT2D eigenvalue weighted by Gasteiger charge is -2.00. The van der Waals surface area contributed by atoms with Crippen LogP contribution in [0.15, 0.2) is 30.3 Å². The minimum Gasteiger partial charge on any atom is -0.300 e. The van der Waals surface area contributed by atoms with Crippen molar-refractivity contribution in [2.75, 3.05) is 0 Å². The Balaban J connectivity index is 2.47. The summed E-state index contributed by atoms with van der Waals surface area (Å²) < 4.78 is 12.9. The summed E-state index contributed by atoms with van der Waals surface area (Å²) in [5.74, 6) is -0.201. The minimum atomic E-state index is -0.274. The second kappa shape index (κ2) is 3.77. The summed E-state index contributed by atoms with van der Waals surface area (Å²) in [7, 11) is 0. The predicted molar refractivity (Wildman–Crippen MR) is 56.1 cm³/mol. The molecule has 2 nitrogen and oxygen atoms in total. The first-order valence-corrected chi connectivity index (χ1v) is 4.70. The molecule has 0 fully saturated rings. The van der Waals surface area contributed by atoms with Gasteiger partial charge in [0.15, 0.2) is 0 Å². The lowest BCUT2D eigenvalue weighted by Crippen LogP contribution is -1.98. The van der Waals surface area contributed by atoms with Crippen molar-refractivity contribution in [2.45, 2.75) is 13.3 Å². The van der Waals surface area contributed by atoms with Crippen LogP contribution in [0.2, 0.25) is 0 Å². The number of ketones is 1. The van der Waals surface area contributed by atoms with Crippen molar-refractivity contribution in [3.05, 3.63) is 41.8 Å². The number of carbonyl (C=O) groups is 1. The smallest absolute Gasteiger partial charge is 0.135 e. The number of hydrogen-bond donors (Lipinski definition) is 0. The van der Waals surface area contributed by atoms with E-state index in [-0.39, 0.29) is 11.6 Å². The van der Waals surface area contributed by atoms with Gasteiger partial charge in [-0.15, -0.1) is 0 Å². The Morgan fingerprint density at radius 3 is 2.87 bits per heavy atom. The van der Waals surface area contributed by atoms with Gasteiger partial charge >= 0.3 is 0 Å². The number of pyridine rings is 1. The fourth-order valence-electron chi connectivity index (χ4n) is 1.49. The first-order chi connectivity index (χ1) is 7.15. The molecule has 0 aliphatic heterocycles. The summed E-state index contributed by atoms with van der Waals surface area (Å²) in [4.78, 5) is 15.2. The monoisotopic (exact) mass is 203 g/mol. The molecule has 0 amide bonds. The van der Waals surface area contributed by atoms with Crippen molar-refractivity contribution in [2.24, 2.45) is 0 Å². The van der Waals surface area contributed by atoms with Crippen LogP contribution in [0.5, 0.6) is 0 Å². The SMILES string of the molecule is CC(=O)Cc1ccc2cc(F)ccc2n1. The Labute approximate surface area is 86.8 Å². The van der Waals surface area contributed by atoms with Gasteiger partial charge in [0.25, 0.3) is 0 Å². The van der Waals surface area contributed by atoms with Gasteiger partial charge in [-0.1, -0.05) is 6.07 Å². The van der Waals surface area contributed by atoms with Gasteiger partial charge in [0.1, 0.15) is 11.6 Å². The molecule has 0 radical (unpaired) electrons. The molecule has 0 saturated heterocycles. The fourth-order valence-corrected chi connectivity index (χ4v) is 1.49. The molecule has 76 valence electrons. The second-order valence-corrected chi connectivity index (χ2v) is 3.52. The van der Waals surface area contributed by atoms with E-state index in [1.54, 1.807) is 18.2 Å². The van der Waals surface area contributed by atoms with E-state index in [2.05, 4.69) is 4.98 Å². The molecule has 1 aromatic heterocycles. The molecule has 0 saturated carbocycles. The van der Waals surface area contributed by atoms with E-state index in [0.29, 0.717) is 6.42 Å². The zero-order chi connectivity index (χ0) is 10.8. The first kappa shape index (κ1) is 9.77. The third-order valence-electron chi connectivity index (χ3n) is 2.14. The van der Waals surface area contributed by atoms with E-state index in [0.717, 1.165) is 16.6 Å². The molecular formula is C12H10FNO. The van der Waals surface area contributed by atoms with Crippen molar-refractivity contribution >= 4 is 16.7 Å². The van der Waals surface area contributed by atoms with E-state index in [4.69, 9.17) is 0 Å².